The molecule has 11 heterocycles. The largest absolute Gasteiger partial charge is 0.605 e. The lowest BCUT2D eigenvalue weighted by atomic mass is 9.38. The summed E-state index contributed by atoms with van der Waals surface area (Å²) < 4.78 is 40.5. The number of rotatable bonds is 0. The number of ether oxygens (including phenoxy) is 1. The Morgan fingerprint density at radius 3 is 1.61 bits per heavy atom. The fourth-order valence-electron chi connectivity index (χ4n) is 9.42. The van der Waals surface area contributed by atoms with Gasteiger partial charge >= 0.3 is 24.8 Å². The zero-order valence-corrected chi connectivity index (χ0v) is 24.1. The normalized spacial score (nSPS) is 22.5. The van der Waals surface area contributed by atoms with Gasteiger partial charge in [0.2, 0.25) is 45.1 Å². The lowest BCUT2D eigenvalue weighted by Crippen LogP contribution is -2.99. The first-order valence-electron chi connectivity index (χ1n) is 14.5. The Bertz CT molecular complexity index is 2360. The van der Waals surface area contributed by atoms with Crippen LogP contribution in [0.4, 0.5) is 11.4 Å². The van der Waals surface area contributed by atoms with E-state index in [9.17, 15) is 9.11 Å². The Labute approximate surface area is 256 Å². The summed E-state index contributed by atoms with van der Waals surface area (Å²) in [4.78, 5) is 10.9. The Morgan fingerprint density at radius 2 is 1.11 bits per heavy atom. The number of benzene rings is 2. The third-order valence-electron chi connectivity index (χ3n) is 10.7. The smallest absolute Gasteiger partial charge is 0.356 e. The Kier molecular flexibility index (Phi) is 3.33. The van der Waals surface area contributed by atoms with Crippen molar-refractivity contribution in [3.05, 3.63) is 85.5 Å². The number of hydrogen-bond acceptors (Lipinski definition) is 5. The van der Waals surface area contributed by atoms with Gasteiger partial charge in [-0.2, -0.15) is 0 Å². The number of quaternary nitrogens is 1. The Balaban J connectivity index is 1.32. The fraction of sp³-hybridized carbons (Fsp3) is 0. The quantitative estimate of drug-likeness (QED) is 0.0993. The van der Waals surface area contributed by atoms with Gasteiger partial charge < -0.3 is 13.8 Å². The minimum Gasteiger partial charge on any atom is -0.605 e. The van der Waals surface area contributed by atoms with E-state index in [2.05, 4.69) is 68.1 Å². The van der Waals surface area contributed by atoms with Crippen LogP contribution in [0.5, 0.6) is 11.5 Å². The van der Waals surface area contributed by atoms with Crippen LogP contribution in [0, 0.1) is 0 Å². The van der Waals surface area contributed by atoms with Gasteiger partial charge in [0.25, 0.3) is 0 Å². The van der Waals surface area contributed by atoms with Crippen LogP contribution in [0.2, 0.25) is 0 Å². The number of aromatic nitrogens is 4. The van der Waals surface area contributed by atoms with E-state index in [-0.39, 0.29) is 18.1 Å². The minimum absolute atomic E-state index is 0.127. The highest BCUT2D eigenvalue weighted by Crippen LogP contribution is 2.53. The highest BCUT2D eigenvalue weighted by Gasteiger charge is 2.77. The van der Waals surface area contributed by atoms with Gasteiger partial charge in [0.15, 0.2) is 14.5 Å². The average Bonchev–Trinajstić information content (AvgIpc) is 3.59. The van der Waals surface area contributed by atoms with Gasteiger partial charge in [-0.25, -0.2) is 9.97 Å². The maximum absolute atomic E-state index is 14.4. The third kappa shape index (κ3) is 1.92. The van der Waals surface area contributed by atoms with E-state index in [1.54, 1.807) is 12.4 Å². The van der Waals surface area contributed by atoms with Crippen LogP contribution in [-0.4, -0.2) is 32.5 Å². The third-order valence-corrected chi connectivity index (χ3v) is 13.6. The van der Waals surface area contributed by atoms with Gasteiger partial charge in [0.1, 0.15) is 0 Å². The molecule has 0 bridgehead atoms. The van der Waals surface area contributed by atoms with E-state index in [0.717, 1.165) is 88.0 Å². The standard InChI is InChI=1S/C32H14B2N5O3S2/c40-43-21-7-5-19-27-25(21)33-23-15(9-11-35-31(23)43)17-3-1-13-37(29(17)33)39(27)28-20(42-19)6-8-22-26(28)34-24-16(10-12-36-32(24)44(22)41)18-4-2-14-38(39)30(18)34/h1-14H/q+3. The Hall–Kier alpha value is -4.45. The van der Waals surface area contributed by atoms with Gasteiger partial charge in [-0.15, -0.1) is 0 Å². The molecule has 0 saturated heterocycles. The summed E-state index contributed by atoms with van der Waals surface area (Å²) in [6, 6.07) is 20.6. The van der Waals surface area contributed by atoms with Crippen LogP contribution in [0.1, 0.15) is 0 Å². The van der Waals surface area contributed by atoms with Crippen molar-refractivity contribution in [1.82, 2.24) is 14.7 Å². The van der Waals surface area contributed by atoms with Gasteiger partial charge in [-0.3, -0.25) is 0 Å². The fourth-order valence-corrected chi connectivity index (χ4v) is 12.2. The van der Waals surface area contributed by atoms with Crippen LogP contribution in [-0.2, 0) is 22.4 Å². The SMILES string of the molecule is [O-][S+]1c2ccc3c4c2B2c5c(ccnc51)-c1ccc[n+](c12)[N+]41c2c(ccc4c2B2c5c(ccnc5[S+]4[O-])-c4ccc[n+]1c42)O3. The average molecular weight is 602 g/mol. The van der Waals surface area contributed by atoms with Gasteiger partial charge in [-0.05, 0) is 59.7 Å². The zero-order chi connectivity index (χ0) is 28.4. The first kappa shape index (κ1) is 22.1. The number of hydrogen-bond donors (Lipinski definition) is 0. The van der Waals surface area contributed by atoms with Gasteiger partial charge in [0, 0.05) is 78.3 Å². The molecule has 2 aromatic carbocycles. The molecule has 12 heteroatoms. The van der Waals surface area contributed by atoms with E-state index in [1.165, 1.54) is 0 Å². The molecule has 4 aromatic heterocycles. The van der Waals surface area contributed by atoms with Crippen molar-refractivity contribution < 1.29 is 23.2 Å². The summed E-state index contributed by atoms with van der Waals surface area (Å²) in [7, 11) is 0. The first-order chi connectivity index (χ1) is 21.7. The molecule has 0 amide bonds. The van der Waals surface area contributed by atoms with Crippen molar-refractivity contribution in [2.75, 3.05) is 0 Å². The summed E-state index contributed by atoms with van der Waals surface area (Å²) in [6.07, 6.45) is 7.90. The second kappa shape index (κ2) is 6.63. The maximum Gasteiger partial charge on any atom is 0.356 e. The molecular formula is C32H14B2N5O3S2+3. The lowest BCUT2D eigenvalue weighted by molar-refractivity contribution is -1.03. The summed E-state index contributed by atoms with van der Waals surface area (Å²) >= 11 is -2.92. The molecule has 0 fully saturated rings. The van der Waals surface area contributed by atoms with Crippen molar-refractivity contribution in [2.24, 2.45) is 0 Å². The molecule has 6 aromatic rings. The molecular weight excluding hydrogens is 588 g/mol. The highest BCUT2D eigenvalue weighted by molar-refractivity contribution is 7.92. The molecule has 0 aliphatic carbocycles. The van der Waals surface area contributed by atoms with Gasteiger partial charge in [0.05, 0.1) is 10.9 Å². The van der Waals surface area contributed by atoms with E-state index < -0.39 is 22.4 Å². The molecule has 44 heavy (non-hydrogen) atoms. The molecule has 2 atom stereocenters. The number of pyridine rings is 4. The van der Waals surface area contributed by atoms with E-state index >= 15 is 0 Å². The molecule has 2 unspecified atom stereocenters. The van der Waals surface area contributed by atoms with Crippen LogP contribution in [0.15, 0.2) is 105 Å². The first-order valence-corrected chi connectivity index (χ1v) is 16.8. The summed E-state index contributed by atoms with van der Waals surface area (Å²) in [5.74, 6) is 1.46. The second-order valence-electron chi connectivity index (χ2n) is 12.2. The number of nitrogens with zero attached hydrogens (tertiary/aromatic N) is 5. The van der Waals surface area contributed by atoms with E-state index in [1.807, 2.05) is 24.3 Å². The predicted molar refractivity (Wildman–Crippen MR) is 164 cm³/mol. The van der Waals surface area contributed by atoms with Crippen LogP contribution >= 0.6 is 0 Å². The molecule has 1 spiro atoms. The zero-order valence-electron chi connectivity index (χ0n) is 22.5. The molecule has 0 radical (unpaired) electrons. The van der Waals surface area contributed by atoms with Crippen LogP contribution in [0.25, 0.3) is 22.3 Å². The predicted octanol–water partition coefficient (Wildman–Crippen LogP) is -0.697. The molecule has 7 aliphatic rings. The van der Waals surface area contributed by atoms with Crippen molar-refractivity contribution >= 4 is 80.2 Å². The Morgan fingerprint density at radius 1 is 0.614 bits per heavy atom. The topological polar surface area (TPSA) is 88.9 Å². The monoisotopic (exact) mass is 602 g/mol. The molecule has 8 nitrogen and oxygen atoms in total. The van der Waals surface area contributed by atoms with E-state index in [0.29, 0.717) is 10.1 Å². The highest BCUT2D eigenvalue weighted by atomic mass is 32.2. The van der Waals surface area contributed by atoms with E-state index in [4.69, 9.17) is 4.74 Å². The molecule has 0 saturated carbocycles. The molecule has 0 N–H and O–H groups in total. The molecule has 200 valence electrons. The van der Waals surface area contributed by atoms with Crippen molar-refractivity contribution in [3.8, 4) is 33.8 Å². The second-order valence-corrected chi connectivity index (χ2v) is 14.9. The maximum atomic E-state index is 14.4. The minimum atomic E-state index is -1.46. The van der Waals surface area contributed by atoms with Crippen molar-refractivity contribution in [2.45, 2.75) is 19.8 Å². The summed E-state index contributed by atoms with van der Waals surface area (Å²) in [5, 5.41) is 1.28. The molecule has 13 rings (SSSR count). The van der Waals surface area contributed by atoms with Crippen molar-refractivity contribution in [1.29, 1.82) is 0 Å². The summed E-state index contributed by atoms with van der Waals surface area (Å²) in [6.45, 7) is -0.253. The van der Waals surface area contributed by atoms with Crippen LogP contribution in [0.3, 0.4) is 0 Å². The molecule has 7 aliphatic heterocycles. The van der Waals surface area contributed by atoms with Gasteiger partial charge in [-0.1, -0.05) is 0 Å². The van der Waals surface area contributed by atoms with Crippen molar-refractivity contribution in [3.63, 3.8) is 0 Å². The van der Waals surface area contributed by atoms with Crippen LogP contribution < -0.4 is 51.8 Å². The lowest BCUT2D eigenvalue weighted by Gasteiger charge is -2.39. The summed E-state index contributed by atoms with van der Waals surface area (Å²) in [5.41, 5.74) is 12.7. The number of fused-ring (bicyclic) bond motifs is 2.